The number of imidazole rings is 1. The molecule has 0 bridgehead atoms. The van der Waals surface area contributed by atoms with E-state index in [-0.39, 0.29) is 25.0 Å². The lowest BCUT2D eigenvalue weighted by atomic mass is 10.2. The average Bonchev–Trinajstić information content (AvgIpc) is 3.53. The van der Waals surface area contributed by atoms with Crippen LogP contribution in [0.4, 0.5) is 5.82 Å². The van der Waals surface area contributed by atoms with Gasteiger partial charge in [-0.2, -0.15) is 5.09 Å². The van der Waals surface area contributed by atoms with Gasteiger partial charge in [-0.1, -0.05) is 18.2 Å². The number of anilines is 1. The van der Waals surface area contributed by atoms with E-state index in [2.05, 4.69) is 20.0 Å². The molecule has 1 saturated heterocycles. The van der Waals surface area contributed by atoms with E-state index in [1.807, 2.05) is 22.8 Å². The topological polar surface area (TPSA) is 153 Å². The van der Waals surface area contributed by atoms with Gasteiger partial charge in [-0.3, -0.25) is 9.32 Å². The first-order valence-corrected chi connectivity index (χ1v) is 14.2. The van der Waals surface area contributed by atoms with Crippen molar-refractivity contribution in [1.82, 2.24) is 24.6 Å². The van der Waals surface area contributed by atoms with Crippen LogP contribution in [0, 0.1) is 0 Å². The Balaban J connectivity index is 1.28. The lowest BCUT2D eigenvalue weighted by molar-refractivity contribution is -0.149. The van der Waals surface area contributed by atoms with Gasteiger partial charge in [0.2, 0.25) is 0 Å². The molecule has 2 aromatic carbocycles. The van der Waals surface area contributed by atoms with Crippen LogP contribution in [0.1, 0.15) is 39.8 Å². The summed E-state index contributed by atoms with van der Waals surface area (Å²) in [5.74, 6) is 0.173. The molecule has 0 amide bonds. The van der Waals surface area contributed by atoms with Crippen molar-refractivity contribution in [1.29, 1.82) is 0 Å². The standard InChI is InChI=1S/C26H31N6O6P/c1-16(2)36-26(33)17(3)31-39(34,38-18-7-5-4-6-8-18)35-13-19-9-10-24(37-19)32-15-30-22-11-20-21(12-23(22)32)28-14-29-25(20)27/h4-8,11-12,14-17,19,24H,9-10,13H2,1-3H3,(H,31,34)(H2,27,28,29). The molecule has 0 spiro atoms. The molecule has 13 heteroatoms. The van der Waals surface area contributed by atoms with E-state index in [9.17, 15) is 9.36 Å². The number of para-hydroxylation sites is 1. The van der Waals surface area contributed by atoms with Gasteiger partial charge in [-0.15, -0.1) is 0 Å². The van der Waals surface area contributed by atoms with Gasteiger partial charge in [-0.25, -0.2) is 19.5 Å². The van der Waals surface area contributed by atoms with Crippen LogP contribution in [0.25, 0.3) is 21.9 Å². The molecule has 206 valence electrons. The van der Waals surface area contributed by atoms with Crippen molar-refractivity contribution < 1.29 is 27.9 Å². The summed E-state index contributed by atoms with van der Waals surface area (Å²) in [6.45, 7) is 5.01. The van der Waals surface area contributed by atoms with Crippen LogP contribution in [0.5, 0.6) is 5.75 Å². The summed E-state index contributed by atoms with van der Waals surface area (Å²) in [4.78, 5) is 25.2. The number of nitrogens with one attached hydrogen (secondary N) is 1. The van der Waals surface area contributed by atoms with E-state index in [0.717, 1.165) is 16.4 Å². The van der Waals surface area contributed by atoms with Crippen molar-refractivity contribution in [2.75, 3.05) is 12.3 Å². The zero-order valence-electron chi connectivity index (χ0n) is 21.9. The predicted molar refractivity (Wildman–Crippen MR) is 145 cm³/mol. The van der Waals surface area contributed by atoms with Crippen LogP contribution in [-0.2, 0) is 23.4 Å². The third-order valence-electron chi connectivity index (χ3n) is 6.21. The molecule has 5 rings (SSSR count). The molecule has 3 N–H and O–H groups in total. The number of benzene rings is 2. The molecule has 12 nitrogen and oxygen atoms in total. The maximum absolute atomic E-state index is 13.7. The summed E-state index contributed by atoms with van der Waals surface area (Å²) in [6, 6.07) is 11.5. The number of esters is 1. The Morgan fingerprint density at radius 1 is 1.15 bits per heavy atom. The molecule has 0 saturated carbocycles. The van der Waals surface area contributed by atoms with Crippen molar-refractivity contribution in [3.8, 4) is 5.75 Å². The van der Waals surface area contributed by atoms with Crippen molar-refractivity contribution in [2.45, 2.75) is 58.1 Å². The molecule has 0 aliphatic carbocycles. The Morgan fingerprint density at radius 2 is 1.95 bits per heavy atom. The zero-order chi connectivity index (χ0) is 27.6. The van der Waals surface area contributed by atoms with Crippen LogP contribution in [0.15, 0.2) is 55.1 Å². The van der Waals surface area contributed by atoms with Gasteiger partial charge in [0, 0.05) is 5.39 Å². The summed E-state index contributed by atoms with van der Waals surface area (Å²) in [6.07, 6.45) is 3.51. The summed E-state index contributed by atoms with van der Waals surface area (Å²) < 4.78 is 38.7. The third-order valence-corrected chi connectivity index (χ3v) is 7.86. The normalized spacial score (nSPS) is 19.8. The molecule has 4 atom stereocenters. The van der Waals surface area contributed by atoms with Gasteiger partial charge in [0.1, 0.15) is 30.2 Å². The second kappa shape index (κ2) is 11.3. The van der Waals surface area contributed by atoms with E-state index < -0.39 is 19.8 Å². The molecule has 1 aliphatic rings. The Labute approximate surface area is 225 Å². The summed E-state index contributed by atoms with van der Waals surface area (Å²) in [7, 11) is -3.97. The number of ether oxygens (including phenoxy) is 2. The number of hydrogen-bond donors (Lipinski definition) is 2. The molecule has 4 aromatic rings. The second-order valence-corrected chi connectivity index (χ2v) is 11.3. The van der Waals surface area contributed by atoms with Crippen LogP contribution >= 0.6 is 7.75 Å². The van der Waals surface area contributed by atoms with E-state index in [1.165, 1.54) is 6.33 Å². The van der Waals surface area contributed by atoms with Crippen LogP contribution in [0.3, 0.4) is 0 Å². The van der Waals surface area contributed by atoms with E-state index in [1.54, 1.807) is 51.4 Å². The van der Waals surface area contributed by atoms with E-state index >= 15 is 0 Å². The molecule has 2 aromatic heterocycles. The number of nitrogens with two attached hydrogens (primary N) is 1. The molecule has 4 unspecified atom stereocenters. The fourth-order valence-corrected chi connectivity index (χ4v) is 5.88. The SMILES string of the molecule is CC(C)OC(=O)C(C)NP(=O)(OCC1CCC(n2cnc3cc4c(N)ncnc4cc32)O1)Oc1ccccc1. The number of nitrogen functional groups attached to an aromatic ring is 1. The molecular weight excluding hydrogens is 523 g/mol. The summed E-state index contributed by atoms with van der Waals surface area (Å²) in [5, 5.41) is 3.44. The summed E-state index contributed by atoms with van der Waals surface area (Å²) >= 11 is 0. The number of aromatic nitrogens is 4. The van der Waals surface area contributed by atoms with Crippen LogP contribution in [-0.4, -0.2) is 50.3 Å². The first-order chi connectivity index (χ1) is 18.7. The summed E-state index contributed by atoms with van der Waals surface area (Å²) in [5.41, 5.74) is 8.30. The average molecular weight is 555 g/mol. The molecule has 1 fully saturated rings. The fraction of sp³-hybridized carbons (Fsp3) is 0.385. The van der Waals surface area contributed by atoms with Crippen molar-refractivity contribution in [2.24, 2.45) is 0 Å². The highest BCUT2D eigenvalue weighted by atomic mass is 31.2. The first kappa shape index (κ1) is 27.0. The van der Waals surface area contributed by atoms with Crippen LogP contribution in [0.2, 0.25) is 0 Å². The molecular formula is C26H31N6O6P. The van der Waals surface area contributed by atoms with Gasteiger partial charge in [0.25, 0.3) is 0 Å². The minimum atomic E-state index is -3.97. The highest BCUT2D eigenvalue weighted by Crippen LogP contribution is 2.46. The van der Waals surface area contributed by atoms with Crippen molar-refractivity contribution in [3.63, 3.8) is 0 Å². The minimum absolute atomic E-state index is 0.0150. The lowest BCUT2D eigenvalue weighted by Gasteiger charge is -2.24. The zero-order valence-corrected chi connectivity index (χ0v) is 22.8. The monoisotopic (exact) mass is 554 g/mol. The lowest BCUT2D eigenvalue weighted by Crippen LogP contribution is -2.36. The first-order valence-electron chi connectivity index (χ1n) is 12.7. The second-order valence-electron chi connectivity index (χ2n) is 9.59. The highest BCUT2D eigenvalue weighted by molar-refractivity contribution is 7.52. The minimum Gasteiger partial charge on any atom is -0.462 e. The third kappa shape index (κ3) is 6.20. The smallest absolute Gasteiger partial charge is 0.459 e. The van der Waals surface area contributed by atoms with Crippen LogP contribution < -0.4 is 15.3 Å². The number of nitrogens with zero attached hydrogens (tertiary/aromatic N) is 4. The number of rotatable bonds is 10. The largest absolute Gasteiger partial charge is 0.462 e. The number of carbonyl (C=O) groups is 1. The van der Waals surface area contributed by atoms with E-state index in [4.69, 9.17) is 24.3 Å². The maximum Gasteiger partial charge on any atom is 0.459 e. The number of hydrogen-bond acceptors (Lipinski definition) is 10. The Kier molecular flexibility index (Phi) is 7.81. The number of fused-ring (bicyclic) bond motifs is 2. The Morgan fingerprint density at radius 3 is 2.72 bits per heavy atom. The quantitative estimate of drug-likeness (QED) is 0.212. The number of carbonyl (C=O) groups excluding carboxylic acids is 1. The molecule has 0 radical (unpaired) electrons. The van der Waals surface area contributed by atoms with Gasteiger partial charge < -0.3 is 24.3 Å². The Bertz CT molecular complexity index is 1510. The van der Waals surface area contributed by atoms with Gasteiger partial charge >= 0.3 is 13.7 Å². The van der Waals surface area contributed by atoms with Gasteiger partial charge in [0.05, 0.1) is 41.7 Å². The van der Waals surface area contributed by atoms with Crippen molar-refractivity contribution >= 4 is 41.5 Å². The maximum atomic E-state index is 13.7. The molecule has 39 heavy (non-hydrogen) atoms. The fourth-order valence-electron chi connectivity index (χ4n) is 4.36. The molecule has 3 heterocycles. The highest BCUT2D eigenvalue weighted by Gasteiger charge is 2.35. The molecule has 1 aliphatic heterocycles. The van der Waals surface area contributed by atoms with Crippen molar-refractivity contribution in [3.05, 3.63) is 55.1 Å². The van der Waals surface area contributed by atoms with E-state index in [0.29, 0.717) is 29.9 Å². The van der Waals surface area contributed by atoms with Gasteiger partial charge in [0.15, 0.2) is 0 Å². The predicted octanol–water partition coefficient (Wildman–Crippen LogP) is 4.37. The Hall–Kier alpha value is -3.57. The van der Waals surface area contributed by atoms with Gasteiger partial charge in [-0.05, 0) is 57.9 Å².